The minimum Gasteiger partial charge on any atom is -0.467 e. The summed E-state index contributed by atoms with van der Waals surface area (Å²) in [7, 11) is 1.49. The molecule has 12 nitrogen and oxygen atoms in total. The number of H-pyrrole nitrogens is 1. The highest BCUT2D eigenvalue weighted by molar-refractivity contribution is 5.74. The van der Waals surface area contributed by atoms with Crippen LogP contribution >= 0.6 is 0 Å². The molecule has 0 bridgehead atoms. The number of anilines is 1. The van der Waals surface area contributed by atoms with Gasteiger partial charge >= 0.3 is 5.69 Å². The van der Waals surface area contributed by atoms with Gasteiger partial charge in [0.15, 0.2) is 11.2 Å². The largest absolute Gasteiger partial charge is 0.467 e. The fraction of sp³-hybridized carbons (Fsp3) is 0.250. The number of imidazole rings is 1. The first-order valence-corrected chi connectivity index (χ1v) is 9.70. The zero-order chi connectivity index (χ0) is 22.8. The number of benzene rings is 1. The highest BCUT2D eigenvalue weighted by Crippen LogP contribution is 2.19. The van der Waals surface area contributed by atoms with Crippen LogP contribution in [0.4, 0.5) is 11.6 Å². The number of non-ortho nitro benzene ring substituents is 1. The number of aliphatic hydroxyl groups is 1. The summed E-state index contributed by atoms with van der Waals surface area (Å²) >= 11 is 0. The molecule has 3 aromatic heterocycles. The van der Waals surface area contributed by atoms with E-state index in [9.17, 15) is 24.8 Å². The standard InChI is InChI=1S/C20H20N6O6/c1-24-17-16(18(28)23-20(24)29)25(19(22-17)21-10-15-3-2-8-32-15)11-14(27)9-12-4-6-13(7-5-12)26(30)31/h2-8,14,27H,9-11H2,1H3,(H,21,22)(H,23,28,29)/t14-/m1/s1. The maximum atomic E-state index is 12.5. The maximum Gasteiger partial charge on any atom is 0.329 e. The van der Waals surface area contributed by atoms with Crippen molar-refractivity contribution in [1.82, 2.24) is 19.1 Å². The van der Waals surface area contributed by atoms with Gasteiger partial charge in [0, 0.05) is 25.6 Å². The van der Waals surface area contributed by atoms with Gasteiger partial charge in [-0.15, -0.1) is 0 Å². The fourth-order valence-electron chi connectivity index (χ4n) is 3.43. The zero-order valence-electron chi connectivity index (χ0n) is 17.0. The monoisotopic (exact) mass is 440 g/mol. The number of fused-ring (bicyclic) bond motifs is 1. The summed E-state index contributed by atoms with van der Waals surface area (Å²) in [5, 5.41) is 24.6. The average Bonchev–Trinajstić information content (AvgIpc) is 3.39. The molecule has 0 unspecified atom stereocenters. The lowest BCUT2D eigenvalue weighted by atomic mass is 10.1. The number of hydrogen-bond donors (Lipinski definition) is 3. The van der Waals surface area contributed by atoms with E-state index >= 15 is 0 Å². The Morgan fingerprint density at radius 3 is 2.69 bits per heavy atom. The zero-order valence-corrected chi connectivity index (χ0v) is 17.0. The molecule has 12 heteroatoms. The predicted molar refractivity (Wildman–Crippen MR) is 114 cm³/mol. The second-order valence-corrected chi connectivity index (χ2v) is 7.25. The van der Waals surface area contributed by atoms with Crippen LogP contribution in [0.15, 0.2) is 56.7 Å². The van der Waals surface area contributed by atoms with E-state index in [1.807, 2.05) is 0 Å². The van der Waals surface area contributed by atoms with Crippen LogP contribution in [-0.2, 0) is 26.6 Å². The van der Waals surface area contributed by atoms with Crippen molar-refractivity contribution in [1.29, 1.82) is 0 Å². The van der Waals surface area contributed by atoms with Gasteiger partial charge in [-0.05, 0) is 17.7 Å². The third kappa shape index (κ3) is 4.16. The van der Waals surface area contributed by atoms with Crippen LogP contribution in [0.1, 0.15) is 11.3 Å². The summed E-state index contributed by atoms with van der Waals surface area (Å²) in [6, 6.07) is 9.38. The number of aryl methyl sites for hydroxylation is 1. The van der Waals surface area contributed by atoms with Crippen LogP contribution in [0, 0.1) is 10.1 Å². The van der Waals surface area contributed by atoms with Gasteiger partial charge in [-0.3, -0.25) is 24.5 Å². The van der Waals surface area contributed by atoms with Gasteiger partial charge in [0.25, 0.3) is 11.2 Å². The average molecular weight is 440 g/mol. The molecule has 0 spiro atoms. The lowest BCUT2D eigenvalue weighted by Gasteiger charge is -2.15. The summed E-state index contributed by atoms with van der Waals surface area (Å²) in [5.74, 6) is 0.920. The number of nitrogens with zero attached hydrogens (tertiary/aromatic N) is 4. The summed E-state index contributed by atoms with van der Waals surface area (Å²) < 4.78 is 8.03. The second kappa shape index (κ2) is 8.51. The topological polar surface area (TPSA) is 161 Å². The first-order valence-electron chi connectivity index (χ1n) is 9.70. The van der Waals surface area contributed by atoms with Crippen molar-refractivity contribution in [3.8, 4) is 0 Å². The minimum atomic E-state index is -0.936. The van der Waals surface area contributed by atoms with Crippen LogP contribution in [0.25, 0.3) is 11.2 Å². The first-order chi connectivity index (χ1) is 15.3. The number of nitro benzene ring substituents is 1. The Balaban J connectivity index is 1.65. The molecule has 3 N–H and O–H groups in total. The number of furan rings is 1. The van der Waals surface area contributed by atoms with Crippen molar-refractivity contribution >= 4 is 22.8 Å². The third-order valence-corrected chi connectivity index (χ3v) is 5.02. The van der Waals surface area contributed by atoms with Gasteiger partial charge in [-0.1, -0.05) is 12.1 Å². The summed E-state index contributed by atoms with van der Waals surface area (Å²) in [6.45, 7) is 0.274. The van der Waals surface area contributed by atoms with Crippen LogP contribution in [0.5, 0.6) is 0 Å². The Labute approximate surface area is 179 Å². The number of aromatic nitrogens is 4. The highest BCUT2D eigenvalue weighted by atomic mass is 16.6. The molecule has 0 aliphatic rings. The molecular formula is C20H20N6O6. The molecule has 0 aliphatic carbocycles. The van der Waals surface area contributed by atoms with E-state index in [1.54, 1.807) is 24.3 Å². The van der Waals surface area contributed by atoms with Gasteiger partial charge < -0.3 is 19.4 Å². The van der Waals surface area contributed by atoms with Gasteiger partial charge in [0.05, 0.1) is 30.4 Å². The minimum absolute atomic E-state index is 0.00470. The Kier molecular flexibility index (Phi) is 5.60. The van der Waals surface area contributed by atoms with Gasteiger partial charge in [-0.25, -0.2) is 4.79 Å². The van der Waals surface area contributed by atoms with Crippen LogP contribution in [0.3, 0.4) is 0 Å². The van der Waals surface area contributed by atoms with Crippen molar-refractivity contribution < 1.29 is 14.4 Å². The van der Waals surface area contributed by atoms with Gasteiger partial charge in [0.2, 0.25) is 5.95 Å². The molecule has 4 aromatic rings. The molecule has 0 radical (unpaired) electrons. The van der Waals surface area contributed by atoms with E-state index in [-0.39, 0.29) is 42.3 Å². The summed E-state index contributed by atoms with van der Waals surface area (Å²) in [6.07, 6.45) is 0.788. The van der Waals surface area contributed by atoms with E-state index < -0.39 is 22.3 Å². The normalized spacial score (nSPS) is 12.2. The lowest BCUT2D eigenvalue weighted by molar-refractivity contribution is -0.384. The van der Waals surface area contributed by atoms with E-state index in [2.05, 4.69) is 15.3 Å². The third-order valence-electron chi connectivity index (χ3n) is 5.02. The molecule has 0 saturated heterocycles. The number of aliphatic hydroxyl groups excluding tert-OH is 1. The van der Waals surface area contributed by atoms with Crippen molar-refractivity contribution in [2.24, 2.45) is 7.05 Å². The van der Waals surface area contributed by atoms with Crippen molar-refractivity contribution in [3.63, 3.8) is 0 Å². The van der Waals surface area contributed by atoms with Crippen LogP contribution < -0.4 is 16.6 Å². The lowest BCUT2D eigenvalue weighted by Crippen LogP contribution is -2.30. The Morgan fingerprint density at radius 2 is 2.03 bits per heavy atom. The molecule has 0 fully saturated rings. The number of hydrogen-bond acceptors (Lipinski definition) is 8. The molecule has 0 aliphatic heterocycles. The number of aromatic amines is 1. The molecule has 166 valence electrons. The van der Waals surface area contributed by atoms with Crippen molar-refractivity contribution in [2.45, 2.75) is 25.6 Å². The Bertz CT molecular complexity index is 1370. The number of rotatable bonds is 8. The van der Waals surface area contributed by atoms with E-state index in [0.717, 1.165) is 0 Å². The van der Waals surface area contributed by atoms with Gasteiger partial charge in [0.1, 0.15) is 5.76 Å². The quantitative estimate of drug-likeness (QED) is 0.271. The summed E-state index contributed by atoms with van der Waals surface area (Å²) in [5.41, 5.74) is -0.264. The fourth-order valence-corrected chi connectivity index (χ4v) is 3.43. The van der Waals surface area contributed by atoms with Gasteiger partial charge in [-0.2, -0.15) is 4.98 Å². The SMILES string of the molecule is Cn1c(=O)[nH]c(=O)c2c1nc(NCc1ccco1)n2C[C@H](O)Cc1ccc([N+](=O)[O-])cc1. The molecule has 3 heterocycles. The Morgan fingerprint density at radius 1 is 1.28 bits per heavy atom. The molecule has 4 rings (SSSR count). The molecule has 32 heavy (non-hydrogen) atoms. The predicted octanol–water partition coefficient (Wildman–Crippen LogP) is 1.14. The first kappa shape index (κ1) is 21.1. The maximum absolute atomic E-state index is 12.5. The highest BCUT2D eigenvalue weighted by Gasteiger charge is 2.20. The molecule has 0 amide bonds. The van der Waals surface area contributed by atoms with Crippen molar-refractivity contribution in [3.05, 3.63) is 84.9 Å². The van der Waals surface area contributed by atoms with Crippen LogP contribution in [0.2, 0.25) is 0 Å². The molecule has 0 saturated carbocycles. The second-order valence-electron chi connectivity index (χ2n) is 7.25. The molecule has 1 atom stereocenters. The van der Waals surface area contributed by atoms with E-state index in [1.165, 1.54) is 34.6 Å². The molecular weight excluding hydrogens is 420 g/mol. The number of nitrogens with one attached hydrogen (secondary N) is 2. The van der Waals surface area contributed by atoms with Crippen LogP contribution in [-0.4, -0.2) is 35.2 Å². The summed E-state index contributed by atoms with van der Waals surface area (Å²) in [4.78, 5) is 41.5. The van der Waals surface area contributed by atoms with E-state index in [4.69, 9.17) is 4.42 Å². The molecule has 1 aromatic carbocycles. The smallest absolute Gasteiger partial charge is 0.329 e. The number of nitro groups is 1. The van der Waals surface area contributed by atoms with Crippen molar-refractivity contribution in [2.75, 3.05) is 5.32 Å². The Hall–Kier alpha value is -4.19. The van der Waals surface area contributed by atoms with E-state index in [0.29, 0.717) is 11.3 Å².